The third-order valence-electron chi connectivity index (χ3n) is 4.28. The van der Waals surface area contributed by atoms with Crippen LogP contribution in [0.25, 0.3) is 11.4 Å². The van der Waals surface area contributed by atoms with Crippen LogP contribution >= 0.6 is 0 Å². The molecule has 1 atom stereocenters. The molecule has 0 radical (unpaired) electrons. The normalized spacial score (nSPS) is 16.2. The molecule has 1 aliphatic rings. The number of hydrogen-bond donors (Lipinski definition) is 2. The molecule has 0 fully saturated rings. The number of aromatic nitrogens is 2. The predicted molar refractivity (Wildman–Crippen MR) is 91.8 cm³/mol. The van der Waals surface area contributed by atoms with E-state index in [4.69, 9.17) is 0 Å². The van der Waals surface area contributed by atoms with E-state index in [0.717, 1.165) is 5.56 Å². The van der Waals surface area contributed by atoms with Crippen LogP contribution in [0.1, 0.15) is 23.5 Å². The Bertz CT molecular complexity index is 1010. The van der Waals surface area contributed by atoms with Crippen molar-refractivity contribution in [2.75, 3.05) is 5.32 Å². The van der Waals surface area contributed by atoms with Crippen molar-refractivity contribution in [2.45, 2.75) is 12.3 Å². The summed E-state index contributed by atoms with van der Waals surface area (Å²) in [7, 11) is 0. The number of amides is 1. The summed E-state index contributed by atoms with van der Waals surface area (Å²) in [4.78, 5) is 31.9. The van der Waals surface area contributed by atoms with Crippen LogP contribution in [0.4, 0.5) is 10.2 Å². The monoisotopic (exact) mass is 335 g/mol. The minimum Gasteiger partial charge on any atom is -0.310 e. The fourth-order valence-electron chi connectivity index (χ4n) is 3.13. The highest BCUT2D eigenvalue weighted by Gasteiger charge is 2.32. The van der Waals surface area contributed by atoms with Gasteiger partial charge in [-0.25, -0.2) is 9.37 Å². The van der Waals surface area contributed by atoms with Crippen LogP contribution in [0.2, 0.25) is 0 Å². The number of benzene rings is 2. The van der Waals surface area contributed by atoms with Gasteiger partial charge < -0.3 is 10.3 Å². The maximum atomic E-state index is 14.2. The Morgan fingerprint density at radius 3 is 2.48 bits per heavy atom. The number of carbonyl (C=O) groups excluding carboxylic acids is 1. The van der Waals surface area contributed by atoms with Gasteiger partial charge in [-0.2, -0.15) is 0 Å². The quantitative estimate of drug-likeness (QED) is 0.756. The molecule has 1 aliphatic heterocycles. The highest BCUT2D eigenvalue weighted by atomic mass is 19.1. The van der Waals surface area contributed by atoms with E-state index in [1.807, 2.05) is 30.3 Å². The molecular formula is C19H14FN3O2. The lowest BCUT2D eigenvalue weighted by Crippen LogP contribution is -2.31. The van der Waals surface area contributed by atoms with Crippen LogP contribution in [-0.2, 0) is 4.79 Å². The zero-order valence-corrected chi connectivity index (χ0v) is 13.1. The number of H-pyrrole nitrogens is 1. The van der Waals surface area contributed by atoms with E-state index >= 15 is 0 Å². The Labute approximate surface area is 142 Å². The van der Waals surface area contributed by atoms with Gasteiger partial charge in [0.25, 0.3) is 5.56 Å². The molecule has 1 aromatic heterocycles. The lowest BCUT2D eigenvalue weighted by Gasteiger charge is -2.24. The van der Waals surface area contributed by atoms with E-state index in [9.17, 15) is 14.0 Å². The maximum absolute atomic E-state index is 14.2. The van der Waals surface area contributed by atoms with E-state index in [1.54, 1.807) is 18.2 Å². The van der Waals surface area contributed by atoms with Gasteiger partial charge >= 0.3 is 0 Å². The van der Waals surface area contributed by atoms with Crippen molar-refractivity contribution in [3.63, 3.8) is 0 Å². The zero-order valence-electron chi connectivity index (χ0n) is 13.1. The lowest BCUT2D eigenvalue weighted by atomic mass is 9.86. The molecule has 0 aliphatic carbocycles. The molecule has 25 heavy (non-hydrogen) atoms. The standard InChI is InChI=1S/C19H14FN3O2/c20-14-9-5-4-8-12(14)13-10-15(24)21-18-16(13)19(25)23-17(22-18)11-6-2-1-3-7-11/h1-9,13H,10H2,(H2,21,22,23,24,25)/t13-/m1/s1. The summed E-state index contributed by atoms with van der Waals surface area (Å²) in [6.07, 6.45) is 0.00335. The molecule has 4 rings (SSSR count). The summed E-state index contributed by atoms with van der Waals surface area (Å²) in [5, 5.41) is 2.64. The minimum absolute atomic E-state index is 0.00335. The molecule has 0 saturated heterocycles. The van der Waals surface area contributed by atoms with Crippen LogP contribution in [-0.4, -0.2) is 15.9 Å². The molecule has 5 nitrogen and oxygen atoms in total. The van der Waals surface area contributed by atoms with Crippen molar-refractivity contribution in [1.29, 1.82) is 0 Å². The van der Waals surface area contributed by atoms with Gasteiger partial charge in [0.2, 0.25) is 5.91 Å². The molecule has 2 N–H and O–H groups in total. The predicted octanol–water partition coefficient (Wildman–Crippen LogP) is 3.05. The summed E-state index contributed by atoms with van der Waals surface area (Å²) in [6.45, 7) is 0. The third-order valence-corrected chi connectivity index (χ3v) is 4.28. The van der Waals surface area contributed by atoms with Crippen molar-refractivity contribution < 1.29 is 9.18 Å². The number of nitrogens with one attached hydrogen (secondary N) is 2. The van der Waals surface area contributed by atoms with Crippen molar-refractivity contribution >= 4 is 11.7 Å². The Hall–Kier alpha value is -3.28. The average molecular weight is 335 g/mol. The van der Waals surface area contributed by atoms with Gasteiger partial charge in [0.15, 0.2) is 0 Å². The van der Waals surface area contributed by atoms with Crippen LogP contribution in [0.3, 0.4) is 0 Å². The van der Waals surface area contributed by atoms with E-state index in [2.05, 4.69) is 15.3 Å². The molecule has 1 amide bonds. The second kappa shape index (κ2) is 5.98. The maximum Gasteiger partial charge on any atom is 0.257 e. The van der Waals surface area contributed by atoms with Gasteiger partial charge in [-0.1, -0.05) is 48.5 Å². The minimum atomic E-state index is -0.661. The van der Waals surface area contributed by atoms with Crippen molar-refractivity contribution in [3.8, 4) is 11.4 Å². The first-order valence-electron chi connectivity index (χ1n) is 7.87. The first-order chi connectivity index (χ1) is 12.1. The number of carbonyl (C=O) groups is 1. The molecule has 2 aromatic carbocycles. The summed E-state index contributed by atoms with van der Waals surface area (Å²) >= 11 is 0. The fourth-order valence-corrected chi connectivity index (χ4v) is 3.13. The molecule has 0 saturated carbocycles. The highest BCUT2D eigenvalue weighted by molar-refractivity contribution is 5.94. The number of fused-ring (bicyclic) bond motifs is 1. The summed E-state index contributed by atoms with van der Waals surface area (Å²) in [5.74, 6) is -0.852. The number of halogens is 1. The van der Waals surface area contributed by atoms with E-state index in [1.165, 1.54) is 6.07 Å². The first kappa shape index (κ1) is 15.3. The number of rotatable bonds is 2. The Morgan fingerprint density at radius 1 is 1.00 bits per heavy atom. The Balaban J connectivity index is 1.89. The molecule has 6 heteroatoms. The topological polar surface area (TPSA) is 74.8 Å². The SMILES string of the molecule is O=C1C[C@H](c2ccccc2F)c2c(nc(-c3ccccc3)[nH]c2=O)N1. The average Bonchev–Trinajstić information content (AvgIpc) is 2.62. The zero-order chi connectivity index (χ0) is 17.4. The van der Waals surface area contributed by atoms with Crippen molar-refractivity contribution in [1.82, 2.24) is 9.97 Å². The van der Waals surface area contributed by atoms with Crippen LogP contribution < -0.4 is 10.9 Å². The largest absolute Gasteiger partial charge is 0.310 e. The summed E-state index contributed by atoms with van der Waals surface area (Å²) < 4.78 is 14.2. The van der Waals surface area contributed by atoms with Gasteiger partial charge in [-0.05, 0) is 11.6 Å². The third kappa shape index (κ3) is 2.71. The van der Waals surface area contributed by atoms with Crippen LogP contribution in [0, 0.1) is 5.82 Å². The molecule has 0 spiro atoms. The Kier molecular flexibility index (Phi) is 3.65. The van der Waals surface area contributed by atoms with E-state index in [-0.39, 0.29) is 29.3 Å². The summed E-state index contributed by atoms with van der Waals surface area (Å²) in [6, 6.07) is 15.3. The van der Waals surface area contributed by atoms with E-state index in [0.29, 0.717) is 11.4 Å². The van der Waals surface area contributed by atoms with Gasteiger partial charge in [-0.15, -0.1) is 0 Å². The highest BCUT2D eigenvalue weighted by Crippen LogP contribution is 2.35. The number of hydrogen-bond acceptors (Lipinski definition) is 3. The molecule has 3 aromatic rings. The number of nitrogens with zero attached hydrogens (tertiary/aromatic N) is 1. The van der Waals surface area contributed by atoms with Gasteiger partial charge in [-0.3, -0.25) is 9.59 Å². The van der Waals surface area contributed by atoms with Gasteiger partial charge in [0, 0.05) is 17.9 Å². The fraction of sp³-hybridized carbons (Fsp3) is 0.105. The summed E-state index contributed by atoms with van der Waals surface area (Å²) in [5.41, 5.74) is 0.949. The Morgan fingerprint density at radius 2 is 1.72 bits per heavy atom. The van der Waals surface area contributed by atoms with Gasteiger partial charge in [0.1, 0.15) is 17.5 Å². The number of aromatic amines is 1. The molecule has 124 valence electrons. The molecule has 0 unspecified atom stereocenters. The molecular weight excluding hydrogens is 321 g/mol. The van der Waals surface area contributed by atoms with Gasteiger partial charge in [0.05, 0.1) is 5.56 Å². The van der Waals surface area contributed by atoms with Crippen LogP contribution in [0.5, 0.6) is 0 Å². The number of anilines is 1. The first-order valence-corrected chi connectivity index (χ1v) is 7.87. The van der Waals surface area contributed by atoms with Crippen molar-refractivity contribution in [2.24, 2.45) is 0 Å². The van der Waals surface area contributed by atoms with Crippen LogP contribution in [0.15, 0.2) is 59.4 Å². The second-order valence-corrected chi connectivity index (χ2v) is 5.87. The molecule has 0 bridgehead atoms. The molecule has 2 heterocycles. The lowest BCUT2D eigenvalue weighted by molar-refractivity contribution is -0.116. The second-order valence-electron chi connectivity index (χ2n) is 5.87. The smallest absolute Gasteiger partial charge is 0.257 e. The van der Waals surface area contributed by atoms with E-state index < -0.39 is 11.7 Å². The van der Waals surface area contributed by atoms with Crippen molar-refractivity contribution in [3.05, 3.63) is 81.9 Å².